The molecule has 1 aromatic carbocycles. The number of H-pyrrole nitrogens is 2. The largest absolute Gasteiger partial charge is 0.327 e. The molecule has 3 aromatic heterocycles. The minimum atomic E-state index is -0.436. The third-order valence-corrected chi connectivity index (χ3v) is 5.25. The van der Waals surface area contributed by atoms with Gasteiger partial charge in [0.15, 0.2) is 5.65 Å². The summed E-state index contributed by atoms with van der Waals surface area (Å²) in [4.78, 5) is 34.5. The molecule has 0 aliphatic rings. The fourth-order valence-electron chi connectivity index (χ4n) is 2.54. The van der Waals surface area contributed by atoms with Crippen molar-refractivity contribution in [2.45, 2.75) is 10.8 Å². The Labute approximate surface area is 167 Å². The van der Waals surface area contributed by atoms with Crippen molar-refractivity contribution in [1.82, 2.24) is 25.1 Å². The van der Waals surface area contributed by atoms with Gasteiger partial charge in [0.05, 0.1) is 17.1 Å². The number of halogens is 1. The first-order chi connectivity index (χ1) is 13.6. The highest BCUT2D eigenvalue weighted by atomic mass is 35.5. The highest BCUT2D eigenvalue weighted by Gasteiger charge is 2.10. The van der Waals surface area contributed by atoms with Gasteiger partial charge in [-0.2, -0.15) is 5.10 Å². The number of hydrogen-bond donors (Lipinski definition) is 3. The zero-order chi connectivity index (χ0) is 19.5. The number of thioether (sulfide) groups is 1. The summed E-state index contributed by atoms with van der Waals surface area (Å²) in [5.41, 5.74) is 2.18. The Hall–Kier alpha value is -3.17. The van der Waals surface area contributed by atoms with Crippen LogP contribution < -0.4 is 10.9 Å². The van der Waals surface area contributed by atoms with E-state index in [0.29, 0.717) is 17.1 Å². The molecule has 28 heavy (non-hydrogen) atoms. The van der Waals surface area contributed by atoms with Crippen LogP contribution in [-0.2, 0) is 5.75 Å². The Morgan fingerprint density at radius 3 is 3.00 bits per heavy atom. The molecule has 0 saturated heterocycles. The molecular formula is C18H13ClN6O2S. The lowest BCUT2D eigenvalue weighted by Crippen LogP contribution is -2.15. The van der Waals surface area contributed by atoms with Crippen LogP contribution >= 0.6 is 23.4 Å². The lowest BCUT2D eigenvalue weighted by Gasteiger charge is -2.08. The average Bonchev–Trinajstić information content (AvgIpc) is 3.18. The van der Waals surface area contributed by atoms with Gasteiger partial charge in [0, 0.05) is 17.6 Å². The topological polar surface area (TPSA) is 116 Å². The van der Waals surface area contributed by atoms with E-state index in [4.69, 9.17) is 11.6 Å². The first-order valence-electron chi connectivity index (χ1n) is 8.15. The van der Waals surface area contributed by atoms with E-state index < -0.39 is 5.56 Å². The first kappa shape index (κ1) is 18.2. The molecule has 0 atom stereocenters. The van der Waals surface area contributed by atoms with Gasteiger partial charge in [-0.1, -0.05) is 23.7 Å². The molecule has 4 rings (SSSR count). The SMILES string of the molecule is O=C(Nc1cccc(CSc2ncnc3[nH]ncc23)c1)c1c[nH]c(=O)c(Cl)c1. The first-order valence-corrected chi connectivity index (χ1v) is 9.52. The summed E-state index contributed by atoms with van der Waals surface area (Å²) < 4.78 is 0. The van der Waals surface area contributed by atoms with Gasteiger partial charge in [0.1, 0.15) is 16.4 Å². The number of aromatic nitrogens is 5. The summed E-state index contributed by atoms with van der Waals surface area (Å²) in [6.07, 6.45) is 4.52. The number of rotatable bonds is 5. The number of nitrogens with zero attached hydrogens (tertiary/aromatic N) is 3. The van der Waals surface area contributed by atoms with Crippen LogP contribution in [0.15, 0.2) is 58.9 Å². The van der Waals surface area contributed by atoms with Crippen molar-refractivity contribution in [2.24, 2.45) is 0 Å². The van der Waals surface area contributed by atoms with E-state index in [0.717, 1.165) is 16.0 Å². The number of benzene rings is 1. The molecule has 0 radical (unpaired) electrons. The van der Waals surface area contributed by atoms with E-state index in [-0.39, 0.29) is 16.5 Å². The van der Waals surface area contributed by atoms with Crippen LogP contribution in [0.1, 0.15) is 15.9 Å². The van der Waals surface area contributed by atoms with Crippen molar-refractivity contribution in [3.8, 4) is 0 Å². The zero-order valence-corrected chi connectivity index (χ0v) is 15.8. The van der Waals surface area contributed by atoms with Crippen LogP contribution in [0.2, 0.25) is 5.02 Å². The van der Waals surface area contributed by atoms with Crippen LogP contribution in [0, 0.1) is 0 Å². The molecule has 3 N–H and O–H groups in total. The summed E-state index contributed by atoms with van der Waals surface area (Å²) in [5.74, 6) is 0.296. The normalized spacial score (nSPS) is 10.9. The van der Waals surface area contributed by atoms with E-state index in [1.165, 1.54) is 18.6 Å². The number of pyridine rings is 1. The molecule has 3 heterocycles. The molecule has 0 fully saturated rings. The second-order valence-electron chi connectivity index (χ2n) is 5.82. The molecule has 10 heteroatoms. The van der Waals surface area contributed by atoms with Crippen molar-refractivity contribution in [3.05, 3.63) is 75.6 Å². The number of fused-ring (bicyclic) bond motifs is 1. The Kier molecular flexibility index (Phi) is 5.09. The van der Waals surface area contributed by atoms with E-state index in [1.807, 2.05) is 18.2 Å². The Balaban J connectivity index is 1.47. The highest BCUT2D eigenvalue weighted by Crippen LogP contribution is 2.27. The molecule has 0 bridgehead atoms. The number of aromatic amines is 2. The van der Waals surface area contributed by atoms with E-state index >= 15 is 0 Å². The van der Waals surface area contributed by atoms with Crippen LogP contribution in [0.5, 0.6) is 0 Å². The lowest BCUT2D eigenvalue weighted by molar-refractivity contribution is 0.102. The predicted molar refractivity (Wildman–Crippen MR) is 108 cm³/mol. The number of hydrogen-bond acceptors (Lipinski definition) is 6. The van der Waals surface area contributed by atoms with Crippen LogP contribution in [0.3, 0.4) is 0 Å². The Morgan fingerprint density at radius 1 is 1.25 bits per heavy atom. The molecule has 140 valence electrons. The fourth-order valence-corrected chi connectivity index (χ4v) is 3.62. The smallest absolute Gasteiger partial charge is 0.266 e. The molecule has 0 aliphatic heterocycles. The number of carbonyl (C=O) groups is 1. The zero-order valence-electron chi connectivity index (χ0n) is 14.3. The van der Waals surface area contributed by atoms with E-state index in [2.05, 4.69) is 30.5 Å². The van der Waals surface area contributed by atoms with Gasteiger partial charge in [-0.25, -0.2) is 9.97 Å². The molecule has 1 amide bonds. The minimum Gasteiger partial charge on any atom is -0.327 e. The maximum atomic E-state index is 12.4. The Morgan fingerprint density at radius 2 is 2.14 bits per heavy atom. The maximum absolute atomic E-state index is 12.4. The van der Waals surface area contributed by atoms with Crippen LogP contribution in [0.4, 0.5) is 5.69 Å². The molecule has 0 unspecified atom stereocenters. The monoisotopic (exact) mass is 412 g/mol. The van der Waals surface area contributed by atoms with Gasteiger partial charge >= 0.3 is 0 Å². The molecule has 4 aromatic rings. The molecule has 8 nitrogen and oxygen atoms in total. The van der Waals surface area contributed by atoms with Crippen LogP contribution in [-0.4, -0.2) is 31.1 Å². The molecular weight excluding hydrogens is 400 g/mol. The maximum Gasteiger partial charge on any atom is 0.266 e. The van der Waals surface area contributed by atoms with Crippen molar-refractivity contribution in [3.63, 3.8) is 0 Å². The summed E-state index contributed by atoms with van der Waals surface area (Å²) >= 11 is 7.33. The quantitative estimate of drug-likeness (QED) is 0.342. The third-order valence-electron chi connectivity index (χ3n) is 3.89. The second kappa shape index (κ2) is 7.83. The van der Waals surface area contributed by atoms with Crippen molar-refractivity contribution >= 4 is 46.0 Å². The third kappa shape index (κ3) is 3.90. The number of carbonyl (C=O) groups excluding carboxylic acids is 1. The predicted octanol–water partition coefficient (Wildman–Crippen LogP) is 3.24. The fraction of sp³-hybridized carbons (Fsp3) is 0.0556. The van der Waals surface area contributed by atoms with Crippen molar-refractivity contribution in [2.75, 3.05) is 5.32 Å². The summed E-state index contributed by atoms with van der Waals surface area (Å²) in [7, 11) is 0. The summed E-state index contributed by atoms with van der Waals surface area (Å²) in [6, 6.07) is 8.83. The van der Waals surface area contributed by atoms with Gasteiger partial charge in [-0.15, -0.1) is 11.8 Å². The lowest BCUT2D eigenvalue weighted by atomic mass is 10.2. The van der Waals surface area contributed by atoms with Crippen molar-refractivity contribution in [1.29, 1.82) is 0 Å². The highest BCUT2D eigenvalue weighted by molar-refractivity contribution is 7.98. The van der Waals surface area contributed by atoms with Gasteiger partial charge < -0.3 is 10.3 Å². The number of anilines is 1. The molecule has 0 spiro atoms. The van der Waals surface area contributed by atoms with Crippen LogP contribution in [0.25, 0.3) is 11.0 Å². The standard InChI is InChI=1S/C18H13ClN6O2S/c19-14-5-11(6-20-17(14)27)16(26)24-12-3-1-2-10(4-12)8-28-18-13-7-23-25-15(13)21-9-22-18/h1-7,9H,8H2,(H,20,27)(H,24,26)(H,21,22,23,25). The Bertz CT molecular complexity index is 1220. The number of amides is 1. The molecule has 0 aliphatic carbocycles. The van der Waals surface area contributed by atoms with Gasteiger partial charge in [-0.05, 0) is 23.8 Å². The van der Waals surface area contributed by atoms with E-state index in [1.54, 1.807) is 24.0 Å². The van der Waals surface area contributed by atoms with Crippen molar-refractivity contribution < 1.29 is 4.79 Å². The average molecular weight is 413 g/mol. The van der Waals surface area contributed by atoms with Gasteiger partial charge in [0.2, 0.25) is 0 Å². The summed E-state index contributed by atoms with van der Waals surface area (Å²) in [6.45, 7) is 0. The van der Waals surface area contributed by atoms with Gasteiger partial charge in [0.25, 0.3) is 11.5 Å². The van der Waals surface area contributed by atoms with Gasteiger partial charge in [-0.3, -0.25) is 14.7 Å². The number of nitrogens with one attached hydrogen (secondary N) is 3. The molecule has 0 saturated carbocycles. The minimum absolute atomic E-state index is 0.0341. The second-order valence-corrected chi connectivity index (χ2v) is 7.19. The summed E-state index contributed by atoms with van der Waals surface area (Å²) in [5, 5.41) is 11.3. The van der Waals surface area contributed by atoms with E-state index in [9.17, 15) is 9.59 Å².